The molecule has 1 aromatic rings. The minimum Gasteiger partial charge on any atom is -0.342 e. The number of likely N-dealkylation sites (tertiary alicyclic amines) is 1. The minimum atomic E-state index is -0.701. The molecule has 0 aliphatic carbocycles. The molecule has 0 saturated carbocycles. The number of aryl methyl sites for hydroxylation is 2. The summed E-state index contributed by atoms with van der Waals surface area (Å²) in [5, 5.41) is 10.7. The average molecular weight is 446 g/mol. The SMILES string of the molecule is CCCCN1C(=O)[C@H](CC(C)C)NC(=O)C12CCN(C(CCC)c1c(C)n[nH]c1C)CC2. The van der Waals surface area contributed by atoms with Gasteiger partial charge in [-0.05, 0) is 51.9 Å². The molecule has 3 rings (SSSR count). The minimum absolute atomic E-state index is 0.0567. The highest BCUT2D eigenvalue weighted by Gasteiger charge is 2.53. The van der Waals surface area contributed by atoms with Gasteiger partial charge >= 0.3 is 0 Å². The second-order valence-corrected chi connectivity index (χ2v) is 10.2. The predicted molar refractivity (Wildman–Crippen MR) is 127 cm³/mol. The molecule has 2 fully saturated rings. The number of hydrogen-bond donors (Lipinski definition) is 2. The van der Waals surface area contributed by atoms with Gasteiger partial charge in [0.25, 0.3) is 0 Å². The molecule has 7 nitrogen and oxygen atoms in total. The predicted octanol–water partition coefficient (Wildman–Crippen LogP) is 3.88. The zero-order valence-corrected chi connectivity index (χ0v) is 21.0. The lowest BCUT2D eigenvalue weighted by atomic mass is 9.80. The highest BCUT2D eigenvalue weighted by Crippen LogP contribution is 2.38. The Bertz CT molecular complexity index is 775. The number of carbonyl (C=O) groups is 2. The summed E-state index contributed by atoms with van der Waals surface area (Å²) in [4.78, 5) is 31.4. The van der Waals surface area contributed by atoms with Crippen LogP contribution in [0.25, 0.3) is 0 Å². The maximum absolute atomic E-state index is 13.5. The molecule has 2 aliphatic heterocycles. The van der Waals surface area contributed by atoms with Gasteiger partial charge < -0.3 is 10.2 Å². The number of nitrogens with zero attached hydrogens (tertiary/aromatic N) is 3. The summed E-state index contributed by atoms with van der Waals surface area (Å²) in [6.07, 6.45) is 6.19. The van der Waals surface area contributed by atoms with Crippen LogP contribution in [-0.4, -0.2) is 63.0 Å². The highest BCUT2D eigenvalue weighted by molar-refractivity contribution is 6.00. The first-order chi connectivity index (χ1) is 15.2. The van der Waals surface area contributed by atoms with Gasteiger partial charge in [-0.2, -0.15) is 5.10 Å². The molecule has 2 aliphatic rings. The van der Waals surface area contributed by atoms with Crippen LogP contribution in [0.5, 0.6) is 0 Å². The monoisotopic (exact) mass is 445 g/mol. The van der Waals surface area contributed by atoms with Crippen LogP contribution in [0.2, 0.25) is 0 Å². The van der Waals surface area contributed by atoms with E-state index in [0.717, 1.165) is 50.2 Å². The molecule has 2 atom stereocenters. The van der Waals surface area contributed by atoms with Crippen molar-refractivity contribution in [2.24, 2.45) is 5.92 Å². The first kappa shape index (κ1) is 24.7. The summed E-state index contributed by atoms with van der Waals surface area (Å²) >= 11 is 0. The summed E-state index contributed by atoms with van der Waals surface area (Å²) in [6.45, 7) is 15.0. The van der Waals surface area contributed by atoms with Crippen LogP contribution in [0.4, 0.5) is 0 Å². The van der Waals surface area contributed by atoms with E-state index in [1.54, 1.807) is 0 Å². The second-order valence-electron chi connectivity index (χ2n) is 10.2. The van der Waals surface area contributed by atoms with Gasteiger partial charge in [0.05, 0.1) is 5.69 Å². The Kier molecular flexibility index (Phi) is 8.01. The van der Waals surface area contributed by atoms with Gasteiger partial charge in [0.2, 0.25) is 11.8 Å². The largest absolute Gasteiger partial charge is 0.342 e. The van der Waals surface area contributed by atoms with Crippen molar-refractivity contribution < 1.29 is 9.59 Å². The lowest BCUT2D eigenvalue weighted by molar-refractivity contribution is -0.162. The number of nitrogens with one attached hydrogen (secondary N) is 2. The lowest BCUT2D eigenvalue weighted by Crippen LogP contribution is -2.73. The Morgan fingerprint density at radius 2 is 1.81 bits per heavy atom. The molecule has 32 heavy (non-hydrogen) atoms. The molecule has 180 valence electrons. The topological polar surface area (TPSA) is 81.3 Å². The van der Waals surface area contributed by atoms with Gasteiger partial charge in [-0.15, -0.1) is 0 Å². The van der Waals surface area contributed by atoms with E-state index in [4.69, 9.17) is 0 Å². The van der Waals surface area contributed by atoms with Gasteiger partial charge in [-0.3, -0.25) is 19.6 Å². The van der Waals surface area contributed by atoms with E-state index in [1.165, 1.54) is 5.56 Å². The first-order valence-electron chi connectivity index (χ1n) is 12.6. The van der Waals surface area contributed by atoms with Gasteiger partial charge in [0.15, 0.2) is 0 Å². The summed E-state index contributed by atoms with van der Waals surface area (Å²) < 4.78 is 0. The number of piperidine rings is 1. The van der Waals surface area contributed by atoms with Crippen LogP contribution >= 0.6 is 0 Å². The fourth-order valence-electron chi connectivity index (χ4n) is 5.68. The number of carbonyl (C=O) groups excluding carboxylic acids is 2. The van der Waals surface area contributed by atoms with Gasteiger partial charge in [-0.1, -0.05) is 40.5 Å². The molecule has 3 heterocycles. The van der Waals surface area contributed by atoms with Gasteiger partial charge in [0, 0.05) is 36.9 Å². The van der Waals surface area contributed by atoms with Crippen LogP contribution in [0.3, 0.4) is 0 Å². The van der Waals surface area contributed by atoms with E-state index in [2.05, 4.69) is 62.0 Å². The lowest BCUT2D eigenvalue weighted by Gasteiger charge is -2.52. The molecular formula is C25H43N5O2. The Labute approximate surface area is 193 Å². The molecule has 1 spiro atoms. The van der Waals surface area contributed by atoms with Crippen LogP contribution in [0, 0.1) is 19.8 Å². The van der Waals surface area contributed by atoms with Crippen molar-refractivity contribution in [2.45, 2.75) is 104 Å². The zero-order valence-electron chi connectivity index (χ0n) is 21.0. The Morgan fingerprint density at radius 3 is 2.34 bits per heavy atom. The van der Waals surface area contributed by atoms with Crippen LogP contribution in [0.1, 0.15) is 95.6 Å². The number of hydrogen-bond acceptors (Lipinski definition) is 4. The van der Waals surface area contributed by atoms with E-state index >= 15 is 0 Å². The molecule has 1 unspecified atom stereocenters. The number of aromatic nitrogens is 2. The maximum Gasteiger partial charge on any atom is 0.246 e. The Balaban J connectivity index is 1.82. The van der Waals surface area contributed by atoms with Crippen molar-refractivity contribution in [1.82, 2.24) is 25.3 Å². The number of unbranched alkanes of at least 4 members (excludes halogenated alkanes) is 1. The van der Waals surface area contributed by atoms with E-state index in [0.29, 0.717) is 37.8 Å². The maximum atomic E-state index is 13.5. The van der Waals surface area contributed by atoms with Crippen molar-refractivity contribution in [3.63, 3.8) is 0 Å². The fraction of sp³-hybridized carbons (Fsp3) is 0.800. The highest BCUT2D eigenvalue weighted by atomic mass is 16.2. The fourth-order valence-corrected chi connectivity index (χ4v) is 5.68. The van der Waals surface area contributed by atoms with E-state index in [1.807, 2.05) is 4.90 Å². The Hall–Kier alpha value is -1.89. The van der Waals surface area contributed by atoms with Gasteiger partial charge in [0.1, 0.15) is 11.6 Å². The standard InChI is InChI=1S/C25H43N5O2/c1-7-9-13-30-23(31)20(16-17(3)4)26-24(32)25(30)11-14-29(15-12-25)21(10-8-2)22-18(5)27-28-19(22)6/h17,20-21H,7-16H2,1-6H3,(H,26,32)(H,27,28)/t20-,21?/m0/s1. The average Bonchev–Trinajstić information content (AvgIpc) is 3.08. The molecular weight excluding hydrogens is 402 g/mol. The quantitative estimate of drug-likeness (QED) is 0.604. The third kappa shape index (κ3) is 4.73. The molecule has 2 amide bonds. The van der Waals surface area contributed by atoms with Crippen molar-refractivity contribution in [3.8, 4) is 0 Å². The van der Waals surface area contributed by atoms with Crippen molar-refractivity contribution in [3.05, 3.63) is 17.0 Å². The summed E-state index contributed by atoms with van der Waals surface area (Å²) in [6, 6.07) is -0.0803. The zero-order chi connectivity index (χ0) is 23.5. The molecule has 0 radical (unpaired) electrons. The molecule has 2 N–H and O–H groups in total. The number of amides is 2. The van der Waals surface area contributed by atoms with Crippen LogP contribution < -0.4 is 5.32 Å². The Morgan fingerprint density at radius 1 is 1.12 bits per heavy atom. The smallest absolute Gasteiger partial charge is 0.246 e. The van der Waals surface area contributed by atoms with Crippen LogP contribution in [-0.2, 0) is 9.59 Å². The van der Waals surface area contributed by atoms with E-state index < -0.39 is 5.54 Å². The molecule has 7 heteroatoms. The summed E-state index contributed by atoms with van der Waals surface area (Å²) in [5.74, 6) is 0.539. The third-order valence-electron chi connectivity index (χ3n) is 7.40. The number of piperazine rings is 1. The number of aromatic amines is 1. The van der Waals surface area contributed by atoms with Crippen molar-refractivity contribution in [1.29, 1.82) is 0 Å². The molecule has 1 aromatic heterocycles. The van der Waals surface area contributed by atoms with Crippen LogP contribution in [0.15, 0.2) is 0 Å². The van der Waals surface area contributed by atoms with Gasteiger partial charge in [-0.25, -0.2) is 0 Å². The van der Waals surface area contributed by atoms with E-state index in [9.17, 15) is 9.59 Å². The number of H-pyrrole nitrogens is 1. The van der Waals surface area contributed by atoms with Crippen molar-refractivity contribution in [2.75, 3.05) is 19.6 Å². The summed E-state index contributed by atoms with van der Waals surface area (Å²) in [5.41, 5.74) is 2.79. The molecule has 2 saturated heterocycles. The molecule has 0 aromatic carbocycles. The number of rotatable bonds is 9. The molecule has 0 bridgehead atoms. The van der Waals surface area contributed by atoms with Crippen molar-refractivity contribution >= 4 is 11.8 Å². The second kappa shape index (κ2) is 10.4. The summed E-state index contributed by atoms with van der Waals surface area (Å²) in [7, 11) is 0. The third-order valence-corrected chi connectivity index (χ3v) is 7.40. The van der Waals surface area contributed by atoms with E-state index in [-0.39, 0.29) is 17.9 Å². The normalized spacial score (nSPS) is 22.6. The first-order valence-corrected chi connectivity index (χ1v) is 12.6.